The van der Waals surface area contributed by atoms with Crippen LogP contribution in [0.4, 0.5) is 0 Å². The van der Waals surface area contributed by atoms with Crippen molar-refractivity contribution in [3.63, 3.8) is 0 Å². The van der Waals surface area contributed by atoms with E-state index in [1.807, 2.05) is 60.7 Å². The summed E-state index contributed by atoms with van der Waals surface area (Å²) in [4.78, 5) is 12.1. The molecule has 0 unspecified atom stereocenters. The van der Waals surface area contributed by atoms with Crippen LogP contribution in [-0.2, 0) is 11.3 Å². The summed E-state index contributed by atoms with van der Waals surface area (Å²) in [5.74, 6) is -0.414. The van der Waals surface area contributed by atoms with Crippen molar-refractivity contribution in [2.75, 3.05) is 13.7 Å². The fourth-order valence-electron chi connectivity index (χ4n) is 2.73. The number of carbonyl (C=O) groups is 1. The standard InChI is InChI=1S/C22H21NO3S/c1-23(27-19-10-6-3-7-11-19)15-17-12-13-21(26-16-22(24)25)20(14-17)18-8-4-2-5-9-18/h2-14H,15-16H2,1H3,(H,24,25). The molecule has 0 saturated carbocycles. The molecule has 1 N–H and O–H groups in total. The van der Waals surface area contributed by atoms with Gasteiger partial charge in [0.05, 0.1) is 0 Å². The van der Waals surface area contributed by atoms with Crippen LogP contribution in [0, 0.1) is 0 Å². The highest BCUT2D eigenvalue weighted by atomic mass is 32.2. The Morgan fingerprint density at radius 2 is 1.67 bits per heavy atom. The zero-order chi connectivity index (χ0) is 19.1. The second kappa shape index (κ2) is 9.26. The maximum absolute atomic E-state index is 10.9. The van der Waals surface area contributed by atoms with Crippen molar-refractivity contribution in [1.82, 2.24) is 4.31 Å². The number of nitrogens with zero attached hydrogens (tertiary/aromatic N) is 1. The van der Waals surface area contributed by atoms with E-state index < -0.39 is 5.97 Å². The molecule has 27 heavy (non-hydrogen) atoms. The number of benzene rings is 3. The molecular formula is C22H21NO3S. The van der Waals surface area contributed by atoms with E-state index in [2.05, 4.69) is 29.6 Å². The van der Waals surface area contributed by atoms with Gasteiger partial charge >= 0.3 is 5.97 Å². The summed E-state index contributed by atoms with van der Waals surface area (Å²) in [7, 11) is 2.05. The molecule has 0 amide bonds. The lowest BCUT2D eigenvalue weighted by Crippen LogP contribution is -2.11. The van der Waals surface area contributed by atoms with Crippen molar-refractivity contribution in [2.24, 2.45) is 0 Å². The maximum Gasteiger partial charge on any atom is 0.341 e. The number of carboxylic acid groups (broad SMARTS) is 1. The van der Waals surface area contributed by atoms with Crippen molar-refractivity contribution < 1.29 is 14.6 Å². The average molecular weight is 379 g/mol. The molecule has 0 atom stereocenters. The van der Waals surface area contributed by atoms with Crippen LogP contribution in [0.25, 0.3) is 11.1 Å². The molecule has 5 heteroatoms. The molecule has 138 valence electrons. The van der Waals surface area contributed by atoms with E-state index in [-0.39, 0.29) is 6.61 Å². The lowest BCUT2D eigenvalue weighted by atomic mass is 10.0. The third kappa shape index (κ3) is 5.61. The number of hydrogen-bond acceptors (Lipinski definition) is 4. The lowest BCUT2D eigenvalue weighted by Gasteiger charge is -2.17. The first-order valence-electron chi connectivity index (χ1n) is 8.59. The maximum atomic E-state index is 10.9. The fraction of sp³-hybridized carbons (Fsp3) is 0.136. The van der Waals surface area contributed by atoms with E-state index in [1.54, 1.807) is 11.9 Å². The number of rotatable bonds is 8. The van der Waals surface area contributed by atoms with Crippen LogP contribution in [0.5, 0.6) is 5.75 Å². The summed E-state index contributed by atoms with van der Waals surface area (Å²) in [6, 6.07) is 26.0. The quantitative estimate of drug-likeness (QED) is 0.561. The van der Waals surface area contributed by atoms with E-state index in [9.17, 15) is 4.79 Å². The third-order valence-electron chi connectivity index (χ3n) is 3.89. The third-order valence-corrected chi connectivity index (χ3v) is 4.81. The molecule has 3 aromatic rings. The van der Waals surface area contributed by atoms with Gasteiger partial charge in [-0.25, -0.2) is 9.10 Å². The minimum atomic E-state index is -0.989. The molecule has 0 aromatic heterocycles. The van der Waals surface area contributed by atoms with Crippen LogP contribution >= 0.6 is 11.9 Å². The molecule has 0 fully saturated rings. The second-order valence-corrected chi connectivity index (χ2v) is 7.35. The summed E-state index contributed by atoms with van der Waals surface area (Å²) in [5, 5.41) is 8.92. The van der Waals surface area contributed by atoms with Crippen LogP contribution in [0.15, 0.2) is 83.8 Å². The molecular weight excluding hydrogens is 358 g/mol. The first kappa shape index (κ1) is 19.0. The van der Waals surface area contributed by atoms with Gasteiger partial charge in [0.15, 0.2) is 6.61 Å². The zero-order valence-corrected chi connectivity index (χ0v) is 15.9. The molecule has 0 bridgehead atoms. The molecule has 0 aliphatic rings. The van der Waals surface area contributed by atoms with Gasteiger partial charge in [0.25, 0.3) is 0 Å². The van der Waals surface area contributed by atoms with Gasteiger partial charge in [-0.3, -0.25) is 0 Å². The first-order chi connectivity index (χ1) is 13.1. The molecule has 3 rings (SSSR count). The SMILES string of the molecule is CN(Cc1ccc(OCC(=O)O)c(-c2ccccc2)c1)Sc1ccccc1. The largest absolute Gasteiger partial charge is 0.481 e. The molecule has 0 saturated heterocycles. The van der Waals surface area contributed by atoms with Crippen molar-refractivity contribution in [3.05, 3.63) is 84.4 Å². The van der Waals surface area contributed by atoms with Gasteiger partial charge in [0.1, 0.15) is 5.75 Å². The predicted molar refractivity (Wildman–Crippen MR) is 109 cm³/mol. The van der Waals surface area contributed by atoms with Gasteiger partial charge in [-0.15, -0.1) is 0 Å². The minimum Gasteiger partial charge on any atom is -0.481 e. The number of aliphatic carboxylic acids is 1. The Labute approximate surface area is 163 Å². The topological polar surface area (TPSA) is 49.8 Å². The Kier molecular flexibility index (Phi) is 6.52. The number of ether oxygens (including phenoxy) is 1. The minimum absolute atomic E-state index is 0.358. The molecule has 0 aliphatic carbocycles. The van der Waals surface area contributed by atoms with Crippen molar-refractivity contribution >= 4 is 17.9 Å². The fourth-order valence-corrected chi connectivity index (χ4v) is 3.59. The first-order valence-corrected chi connectivity index (χ1v) is 9.36. The molecule has 3 aromatic carbocycles. The summed E-state index contributed by atoms with van der Waals surface area (Å²) >= 11 is 1.68. The van der Waals surface area contributed by atoms with E-state index in [1.165, 1.54) is 4.90 Å². The lowest BCUT2D eigenvalue weighted by molar-refractivity contribution is -0.139. The van der Waals surface area contributed by atoms with Gasteiger partial charge < -0.3 is 9.84 Å². The summed E-state index contributed by atoms with van der Waals surface area (Å²) < 4.78 is 7.65. The molecule has 0 aliphatic heterocycles. The Hall–Kier alpha value is -2.76. The van der Waals surface area contributed by atoms with Crippen molar-refractivity contribution in [1.29, 1.82) is 0 Å². The van der Waals surface area contributed by atoms with Gasteiger partial charge in [-0.05, 0) is 54.4 Å². The Morgan fingerprint density at radius 1 is 1.00 bits per heavy atom. The van der Waals surface area contributed by atoms with Crippen LogP contribution in [0.1, 0.15) is 5.56 Å². The van der Waals surface area contributed by atoms with E-state index >= 15 is 0 Å². The van der Waals surface area contributed by atoms with Crippen LogP contribution in [0.2, 0.25) is 0 Å². The van der Waals surface area contributed by atoms with Gasteiger partial charge in [0, 0.05) is 17.0 Å². The van der Waals surface area contributed by atoms with Crippen LogP contribution < -0.4 is 4.74 Å². The Bertz CT molecular complexity index is 885. The second-order valence-electron chi connectivity index (χ2n) is 6.07. The smallest absolute Gasteiger partial charge is 0.341 e. The van der Waals surface area contributed by atoms with Gasteiger partial charge in [-0.1, -0.05) is 54.6 Å². The van der Waals surface area contributed by atoms with E-state index in [0.717, 1.165) is 23.2 Å². The van der Waals surface area contributed by atoms with Gasteiger partial charge in [-0.2, -0.15) is 0 Å². The van der Waals surface area contributed by atoms with Crippen LogP contribution in [-0.4, -0.2) is 29.0 Å². The zero-order valence-electron chi connectivity index (χ0n) is 15.0. The van der Waals surface area contributed by atoms with E-state index in [0.29, 0.717) is 5.75 Å². The summed E-state index contributed by atoms with van der Waals surface area (Å²) in [6.07, 6.45) is 0. The molecule has 0 heterocycles. The number of hydrogen-bond donors (Lipinski definition) is 1. The predicted octanol–water partition coefficient (Wildman–Crippen LogP) is 4.96. The summed E-state index contributed by atoms with van der Waals surface area (Å²) in [6.45, 7) is 0.390. The Balaban J connectivity index is 1.80. The highest BCUT2D eigenvalue weighted by molar-refractivity contribution is 7.97. The van der Waals surface area contributed by atoms with Crippen molar-refractivity contribution in [2.45, 2.75) is 11.4 Å². The van der Waals surface area contributed by atoms with E-state index in [4.69, 9.17) is 9.84 Å². The highest BCUT2D eigenvalue weighted by Gasteiger charge is 2.11. The molecule has 0 radical (unpaired) electrons. The van der Waals surface area contributed by atoms with Crippen molar-refractivity contribution in [3.8, 4) is 16.9 Å². The molecule has 4 nitrogen and oxygen atoms in total. The molecule has 0 spiro atoms. The average Bonchev–Trinajstić information content (AvgIpc) is 2.68. The Morgan fingerprint density at radius 3 is 2.33 bits per heavy atom. The van der Waals surface area contributed by atoms with Gasteiger partial charge in [0.2, 0.25) is 0 Å². The number of carboxylic acids is 1. The normalized spacial score (nSPS) is 10.7. The van der Waals surface area contributed by atoms with Crippen LogP contribution in [0.3, 0.4) is 0 Å². The highest BCUT2D eigenvalue weighted by Crippen LogP contribution is 2.32. The summed E-state index contributed by atoms with van der Waals surface area (Å²) in [5.41, 5.74) is 3.02. The monoisotopic (exact) mass is 379 g/mol.